The van der Waals surface area contributed by atoms with E-state index in [1.54, 1.807) is 6.07 Å². The van der Waals surface area contributed by atoms with Gasteiger partial charge in [0.15, 0.2) is 0 Å². The Hall–Kier alpha value is -1.45. The number of hydrogen-bond acceptors (Lipinski definition) is 2. The molecule has 0 unspecified atom stereocenters. The lowest BCUT2D eigenvalue weighted by Gasteiger charge is -2.33. The number of nitrogens with one attached hydrogen (secondary N) is 1. The second-order valence-electron chi connectivity index (χ2n) is 4.09. The lowest BCUT2D eigenvalue weighted by atomic mass is 9.82. The van der Waals surface area contributed by atoms with Crippen molar-refractivity contribution in [1.82, 2.24) is 10.3 Å². The molecule has 2 rings (SSSR count). The summed E-state index contributed by atoms with van der Waals surface area (Å²) < 4.78 is 13.1. The molecule has 1 aromatic rings. The van der Waals surface area contributed by atoms with Crippen LogP contribution in [0.3, 0.4) is 0 Å². The van der Waals surface area contributed by atoms with E-state index in [1.807, 2.05) is 0 Å². The molecule has 1 heterocycles. The van der Waals surface area contributed by atoms with Gasteiger partial charge in [-0.25, -0.2) is 4.98 Å². The maximum absolute atomic E-state index is 13.1. The number of rotatable bonds is 2. The average Bonchev–Trinajstić information content (AvgIpc) is 2.16. The van der Waals surface area contributed by atoms with Gasteiger partial charge in [-0.2, -0.15) is 4.39 Å². The van der Waals surface area contributed by atoms with Crippen molar-refractivity contribution in [2.75, 3.05) is 0 Å². The van der Waals surface area contributed by atoms with Crippen molar-refractivity contribution < 1.29 is 9.18 Å². The van der Waals surface area contributed by atoms with E-state index in [2.05, 4.69) is 17.2 Å². The Morgan fingerprint density at radius 3 is 2.93 bits per heavy atom. The fourth-order valence-electron chi connectivity index (χ4n) is 1.84. The van der Waals surface area contributed by atoms with Crippen molar-refractivity contribution in [3.05, 3.63) is 29.8 Å². The summed E-state index contributed by atoms with van der Waals surface area (Å²) in [6.07, 6.45) is 3.29. The zero-order chi connectivity index (χ0) is 10.8. The van der Waals surface area contributed by atoms with Crippen molar-refractivity contribution in [3.63, 3.8) is 0 Å². The highest BCUT2D eigenvalue weighted by atomic mass is 19.1. The topological polar surface area (TPSA) is 42.0 Å². The van der Waals surface area contributed by atoms with Gasteiger partial charge >= 0.3 is 0 Å². The first-order valence-corrected chi connectivity index (χ1v) is 5.08. The predicted octanol–water partition coefficient (Wildman–Crippen LogP) is 1.75. The predicted molar refractivity (Wildman–Crippen MR) is 53.8 cm³/mol. The molecule has 3 nitrogen and oxygen atoms in total. The van der Waals surface area contributed by atoms with Gasteiger partial charge in [0.1, 0.15) is 0 Å². The van der Waals surface area contributed by atoms with Gasteiger partial charge in [0.25, 0.3) is 5.91 Å². The maximum atomic E-state index is 13.1. The Morgan fingerprint density at radius 1 is 1.60 bits per heavy atom. The summed E-state index contributed by atoms with van der Waals surface area (Å²) in [7, 11) is 0. The quantitative estimate of drug-likeness (QED) is 0.752. The lowest BCUT2D eigenvalue weighted by Crippen LogP contribution is -2.43. The van der Waals surface area contributed by atoms with E-state index in [0.717, 1.165) is 12.8 Å². The largest absolute Gasteiger partial charge is 0.349 e. The van der Waals surface area contributed by atoms with Gasteiger partial charge < -0.3 is 5.32 Å². The summed E-state index contributed by atoms with van der Waals surface area (Å²) in [5.41, 5.74) is 0.0250. The van der Waals surface area contributed by atoms with Crippen LogP contribution in [0.4, 0.5) is 4.39 Å². The molecule has 4 heteroatoms. The molecule has 1 aliphatic rings. The Labute approximate surface area is 87.7 Å². The lowest BCUT2D eigenvalue weighted by molar-refractivity contribution is 0.0891. The van der Waals surface area contributed by atoms with Crippen LogP contribution in [0.5, 0.6) is 0 Å². The van der Waals surface area contributed by atoms with Gasteiger partial charge in [-0.05, 0) is 30.9 Å². The third-order valence-corrected chi connectivity index (χ3v) is 2.71. The van der Waals surface area contributed by atoms with Crippen LogP contribution < -0.4 is 5.32 Å². The molecule has 0 radical (unpaired) electrons. The van der Waals surface area contributed by atoms with E-state index in [9.17, 15) is 9.18 Å². The zero-order valence-corrected chi connectivity index (χ0v) is 8.53. The molecule has 1 N–H and O–H groups in total. The van der Waals surface area contributed by atoms with Crippen LogP contribution >= 0.6 is 0 Å². The fourth-order valence-corrected chi connectivity index (χ4v) is 1.84. The first-order chi connectivity index (χ1) is 7.16. The molecule has 0 aromatic carbocycles. The number of halogens is 1. The van der Waals surface area contributed by atoms with Crippen LogP contribution in [0, 0.1) is 11.9 Å². The first-order valence-electron chi connectivity index (χ1n) is 5.08. The van der Waals surface area contributed by atoms with Crippen molar-refractivity contribution >= 4 is 5.91 Å². The third-order valence-electron chi connectivity index (χ3n) is 2.71. The van der Waals surface area contributed by atoms with Gasteiger partial charge in [-0.15, -0.1) is 0 Å². The monoisotopic (exact) mass is 208 g/mol. The molecule has 0 aliphatic heterocycles. The number of amides is 1. The minimum absolute atomic E-state index is 0.0250. The van der Waals surface area contributed by atoms with Crippen LogP contribution in [-0.2, 0) is 0 Å². The number of carbonyl (C=O) groups excluding carboxylic acids is 1. The Bertz CT molecular complexity index is 375. The van der Waals surface area contributed by atoms with E-state index in [0.29, 0.717) is 5.92 Å². The normalized spacial score (nSPS) is 24.4. The molecular weight excluding hydrogens is 195 g/mol. The molecule has 0 atom stereocenters. The fraction of sp³-hybridized carbons (Fsp3) is 0.455. The number of aromatic nitrogens is 1. The summed E-state index contributed by atoms with van der Waals surface area (Å²) in [5.74, 6) is -0.408. The summed E-state index contributed by atoms with van der Waals surface area (Å²) in [5, 5.41) is 2.78. The number of carbonyl (C=O) groups is 1. The molecule has 1 fully saturated rings. The molecule has 1 aromatic heterocycles. The SMILES string of the molecule is CC1CC(NC(=O)c2cccnc2F)C1. The number of hydrogen-bond donors (Lipinski definition) is 1. The second kappa shape index (κ2) is 3.96. The van der Waals surface area contributed by atoms with Gasteiger partial charge in [-0.3, -0.25) is 4.79 Å². The van der Waals surface area contributed by atoms with Crippen LogP contribution in [0.2, 0.25) is 0 Å². The maximum Gasteiger partial charge on any atom is 0.256 e. The van der Waals surface area contributed by atoms with E-state index in [1.165, 1.54) is 12.3 Å². The minimum Gasteiger partial charge on any atom is -0.349 e. The Morgan fingerprint density at radius 2 is 2.33 bits per heavy atom. The van der Waals surface area contributed by atoms with E-state index in [4.69, 9.17) is 0 Å². The highest BCUT2D eigenvalue weighted by Gasteiger charge is 2.27. The van der Waals surface area contributed by atoms with Crippen LogP contribution in [0.25, 0.3) is 0 Å². The van der Waals surface area contributed by atoms with Gasteiger partial charge in [-0.1, -0.05) is 6.92 Å². The summed E-state index contributed by atoms with van der Waals surface area (Å²) in [6, 6.07) is 3.20. The van der Waals surface area contributed by atoms with Crippen LogP contribution in [0.1, 0.15) is 30.1 Å². The van der Waals surface area contributed by atoms with E-state index < -0.39 is 5.95 Å². The molecule has 0 bridgehead atoms. The third kappa shape index (κ3) is 2.14. The second-order valence-corrected chi connectivity index (χ2v) is 4.09. The minimum atomic E-state index is -0.706. The molecule has 15 heavy (non-hydrogen) atoms. The van der Waals surface area contributed by atoms with Crippen molar-refractivity contribution in [3.8, 4) is 0 Å². The average molecular weight is 208 g/mol. The molecule has 1 saturated carbocycles. The van der Waals surface area contributed by atoms with Gasteiger partial charge in [0, 0.05) is 12.2 Å². The van der Waals surface area contributed by atoms with Crippen LogP contribution in [-0.4, -0.2) is 16.9 Å². The van der Waals surface area contributed by atoms with Gasteiger partial charge in [0.05, 0.1) is 5.56 Å². The zero-order valence-electron chi connectivity index (χ0n) is 8.53. The van der Waals surface area contributed by atoms with Gasteiger partial charge in [0.2, 0.25) is 5.95 Å². The van der Waals surface area contributed by atoms with E-state index >= 15 is 0 Å². The molecule has 1 aliphatic carbocycles. The number of nitrogens with zero attached hydrogens (tertiary/aromatic N) is 1. The van der Waals surface area contributed by atoms with Crippen molar-refractivity contribution in [1.29, 1.82) is 0 Å². The van der Waals surface area contributed by atoms with E-state index in [-0.39, 0.29) is 17.5 Å². The Kier molecular flexibility index (Phi) is 2.66. The van der Waals surface area contributed by atoms with Crippen LogP contribution in [0.15, 0.2) is 18.3 Å². The molecule has 1 amide bonds. The highest BCUT2D eigenvalue weighted by Crippen LogP contribution is 2.26. The molecular formula is C11H13FN2O. The summed E-state index contributed by atoms with van der Waals surface area (Å²) in [4.78, 5) is 15.0. The smallest absolute Gasteiger partial charge is 0.256 e. The Balaban J connectivity index is 1.99. The highest BCUT2D eigenvalue weighted by molar-refractivity contribution is 5.94. The molecule has 0 saturated heterocycles. The van der Waals surface area contributed by atoms with Crippen molar-refractivity contribution in [2.24, 2.45) is 5.92 Å². The number of pyridine rings is 1. The molecule has 80 valence electrons. The molecule has 0 spiro atoms. The standard InChI is InChI=1S/C11H13FN2O/c1-7-5-8(6-7)14-11(15)9-3-2-4-13-10(9)12/h2-4,7-8H,5-6H2,1H3,(H,14,15). The first kappa shape index (κ1) is 10.1. The van der Waals surface area contributed by atoms with Crippen molar-refractivity contribution in [2.45, 2.75) is 25.8 Å². The summed E-state index contributed by atoms with van der Waals surface area (Å²) >= 11 is 0. The summed E-state index contributed by atoms with van der Waals surface area (Å²) in [6.45, 7) is 2.13.